The number of hydrogen-bond acceptors (Lipinski definition) is 5. The molecular formula is C13H15N3O2S. The first-order valence-corrected chi connectivity index (χ1v) is 6.73. The average molecular weight is 277 g/mol. The lowest BCUT2D eigenvalue weighted by Gasteiger charge is -2.04. The minimum Gasteiger partial charge on any atom is -0.396 e. The van der Waals surface area contributed by atoms with E-state index in [1.807, 2.05) is 24.3 Å². The van der Waals surface area contributed by atoms with Gasteiger partial charge in [-0.25, -0.2) is 4.98 Å². The Labute approximate surface area is 115 Å². The molecule has 0 atom stereocenters. The number of nitrogens with one attached hydrogen (secondary N) is 1. The molecule has 0 aliphatic rings. The van der Waals surface area contributed by atoms with Gasteiger partial charge in [0.1, 0.15) is 5.82 Å². The second kappa shape index (κ2) is 6.40. The van der Waals surface area contributed by atoms with Gasteiger partial charge in [0.25, 0.3) is 5.91 Å². The molecular weight excluding hydrogens is 262 g/mol. The minimum absolute atomic E-state index is 0.145. The third-order valence-corrected chi connectivity index (χ3v) is 3.40. The standard InChI is InChI=1S/C13H15N3O2S/c1-9-15-13(19-16-9)12(18)14-8-11-4-2-10(3-5-11)6-7-17/h2-5,17H,6-8H2,1H3,(H,14,18). The van der Waals surface area contributed by atoms with Crippen molar-refractivity contribution in [1.82, 2.24) is 14.7 Å². The van der Waals surface area contributed by atoms with E-state index in [1.54, 1.807) is 6.92 Å². The van der Waals surface area contributed by atoms with Crippen LogP contribution < -0.4 is 5.32 Å². The summed E-state index contributed by atoms with van der Waals surface area (Å²) in [4.78, 5) is 15.8. The number of carbonyl (C=O) groups excluding carboxylic acids is 1. The van der Waals surface area contributed by atoms with E-state index in [-0.39, 0.29) is 12.5 Å². The Morgan fingerprint density at radius 3 is 2.58 bits per heavy atom. The van der Waals surface area contributed by atoms with E-state index in [0.29, 0.717) is 23.8 Å². The van der Waals surface area contributed by atoms with Crippen molar-refractivity contribution in [2.75, 3.05) is 6.61 Å². The molecule has 0 fully saturated rings. The summed E-state index contributed by atoms with van der Waals surface area (Å²) in [6.07, 6.45) is 0.650. The molecule has 100 valence electrons. The number of benzene rings is 1. The Kier molecular flexibility index (Phi) is 4.59. The SMILES string of the molecule is Cc1nsc(C(=O)NCc2ccc(CCO)cc2)n1. The third-order valence-electron chi connectivity index (χ3n) is 2.60. The smallest absolute Gasteiger partial charge is 0.282 e. The topological polar surface area (TPSA) is 75.1 Å². The maximum atomic E-state index is 11.8. The fraction of sp³-hybridized carbons (Fsp3) is 0.308. The summed E-state index contributed by atoms with van der Waals surface area (Å²) >= 11 is 1.10. The molecule has 1 heterocycles. The van der Waals surface area contributed by atoms with Gasteiger partial charge in [0, 0.05) is 13.2 Å². The summed E-state index contributed by atoms with van der Waals surface area (Å²) in [5, 5.41) is 12.0. The molecule has 1 aromatic carbocycles. The van der Waals surface area contributed by atoms with Gasteiger partial charge in [-0.3, -0.25) is 4.79 Å². The number of carbonyl (C=O) groups is 1. The zero-order valence-electron chi connectivity index (χ0n) is 10.6. The summed E-state index contributed by atoms with van der Waals surface area (Å²) < 4.78 is 3.97. The largest absolute Gasteiger partial charge is 0.396 e. The molecule has 5 nitrogen and oxygen atoms in total. The molecule has 19 heavy (non-hydrogen) atoms. The van der Waals surface area contributed by atoms with Gasteiger partial charge in [-0.05, 0) is 36.0 Å². The van der Waals surface area contributed by atoms with Gasteiger partial charge < -0.3 is 10.4 Å². The molecule has 6 heteroatoms. The lowest BCUT2D eigenvalue weighted by atomic mass is 10.1. The van der Waals surface area contributed by atoms with Crippen LogP contribution in [0.4, 0.5) is 0 Å². The maximum Gasteiger partial charge on any atom is 0.282 e. The van der Waals surface area contributed by atoms with Gasteiger partial charge in [-0.1, -0.05) is 24.3 Å². The van der Waals surface area contributed by atoms with Crippen molar-refractivity contribution in [2.45, 2.75) is 19.9 Å². The molecule has 0 spiro atoms. The number of aliphatic hydroxyl groups is 1. The van der Waals surface area contributed by atoms with Gasteiger partial charge >= 0.3 is 0 Å². The summed E-state index contributed by atoms with van der Waals surface area (Å²) in [5.74, 6) is 0.411. The van der Waals surface area contributed by atoms with Crippen LogP contribution in [0.1, 0.15) is 26.8 Å². The van der Waals surface area contributed by atoms with Crippen molar-refractivity contribution >= 4 is 17.4 Å². The van der Waals surface area contributed by atoms with Gasteiger partial charge in [0.15, 0.2) is 0 Å². The number of nitrogens with zero attached hydrogens (tertiary/aromatic N) is 2. The zero-order chi connectivity index (χ0) is 13.7. The van der Waals surface area contributed by atoms with Crippen LogP contribution in [0, 0.1) is 6.92 Å². The lowest BCUT2D eigenvalue weighted by Crippen LogP contribution is -2.22. The fourth-order valence-electron chi connectivity index (χ4n) is 1.60. The van der Waals surface area contributed by atoms with Crippen LogP contribution in [0.2, 0.25) is 0 Å². The fourth-order valence-corrected chi connectivity index (χ4v) is 2.19. The van der Waals surface area contributed by atoms with E-state index in [1.165, 1.54) is 0 Å². The molecule has 1 amide bonds. The molecule has 1 aromatic heterocycles. The quantitative estimate of drug-likeness (QED) is 0.864. The van der Waals surface area contributed by atoms with E-state index in [0.717, 1.165) is 22.7 Å². The van der Waals surface area contributed by atoms with Gasteiger partial charge in [0.05, 0.1) is 0 Å². The average Bonchev–Trinajstić information content (AvgIpc) is 2.85. The number of rotatable bonds is 5. The van der Waals surface area contributed by atoms with Crippen molar-refractivity contribution in [3.63, 3.8) is 0 Å². The van der Waals surface area contributed by atoms with Crippen molar-refractivity contribution in [3.05, 3.63) is 46.2 Å². The second-order valence-corrected chi connectivity index (χ2v) is 4.87. The van der Waals surface area contributed by atoms with Gasteiger partial charge in [-0.2, -0.15) is 4.37 Å². The summed E-state index contributed by atoms with van der Waals surface area (Å²) in [6.45, 7) is 2.36. The third kappa shape index (κ3) is 3.84. The molecule has 0 aliphatic heterocycles. The van der Waals surface area contributed by atoms with Crippen molar-refractivity contribution < 1.29 is 9.90 Å². The van der Waals surface area contributed by atoms with Crippen LogP contribution in [0.15, 0.2) is 24.3 Å². The number of aromatic nitrogens is 2. The predicted octanol–water partition coefficient (Wildman–Crippen LogP) is 1.31. The van der Waals surface area contributed by atoms with Crippen LogP contribution in [-0.2, 0) is 13.0 Å². The number of aliphatic hydroxyl groups excluding tert-OH is 1. The van der Waals surface area contributed by atoms with Crippen molar-refractivity contribution in [1.29, 1.82) is 0 Å². The Morgan fingerprint density at radius 1 is 1.32 bits per heavy atom. The molecule has 0 saturated heterocycles. The monoisotopic (exact) mass is 277 g/mol. The van der Waals surface area contributed by atoms with E-state index in [9.17, 15) is 4.79 Å². The van der Waals surface area contributed by atoms with E-state index in [2.05, 4.69) is 14.7 Å². The second-order valence-electron chi connectivity index (χ2n) is 4.12. The zero-order valence-corrected chi connectivity index (χ0v) is 11.4. The molecule has 0 unspecified atom stereocenters. The Balaban J connectivity index is 1.89. The minimum atomic E-state index is -0.204. The van der Waals surface area contributed by atoms with E-state index >= 15 is 0 Å². The maximum absolute atomic E-state index is 11.8. The highest BCUT2D eigenvalue weighted by Gasteiger charge is 2.10. The molecule has 0 bridgehead atoms. The summed E-state index contributed by atoms with van der Waals surface area (Å²) in [6, 6.07) is 7.78. The van der Waals surface area contributed by atoms with Crippen LogP contribution >= 0.6 is 11.5 Å². The van der Waals surface area contributed by atoms with E-state index < -0.39 is 0 Å². The van der Waals surface area contributed by atoms with Gasteiger partial charge in [0.2, 0.25) is 5.01 Å². The lowest BCUT2D eigenvalue weighted by molar-refractivity contribution is 0.0950. The van der Waals surface area contributed by atoms with Crippen molar-refractivity contribution in [3.8, 4) is 0 Å². The summed E-state index contributed by atoms with van der Waals surface area (Å²) in [7, 11) is 0. The number of aryl methyl sites for hydroxylation is 1. The summed E-state index contributed by atoms with van der Waals surface area (Å²) in [5.41, 5.74) is 2.09. The van der Waals surface area contributed by atoms with Gasteiger partial charge in [-0.15, -0.1) is 0 Å². The molecule has 2 rings (SSSR count). The first kappa shape index (κ1) is 13.6. The molecule has 0 saturated carbocycles. The first-order chi connectivity index (χ1) is 9.19. The van der Waals surface area contributed by atoms with E-state index in [4.69, 9.17) is 5.11 Å². The van der Waals surface area contributed by atoms with Crippen LogP contribution in [0.5, 0.6) is 0 Å². The highest BCUT2D eigenvalue weighted by molar-refractivity contribution is 7.07. The highest BCUT2D eigenvalue weighted by atomic mass is 32.1. The normalized spacial score (nSPS) is 10.4. The Hall–Kier alpha value is -1.79. The molecule has 2 aromatic rings. The Bertz CT molecular complexity index is 551. The Morgan fingerprint density at radius 2 is 2.00 bits per heavy atom. The van der Waals surface area contributed by atoms with Crippen LogP contribution in [-0.4, -0.2) is 27.0 Å². The molecule has 0 aliphatic carbocycles. The van der Waals surface area contributed by atoms with Crippen LogP contribution in [0.3, 0.4) is 0 Å². The predicted molar refractivity (Wildman–Crippen MR) is 73.0 cm³/mol. The highest BCUT2D eigenvalue weighted by Crippen LogP contribution is 2.07. The molecule has 2 N–H and O–H groups in total. The van der Waals surface area contributed by atoms with Crippen LogP contribution in [0.25, 0.3) is 0 Å². The first-order valence-electron chi connectivity index (χ1n) is 5.96. The van der Waals surface area contributed by atoms with Crippen molar-refractivity contribution in [2.24, 2.45) is 0 Å². The molecule has 0 radical (unpaired) electrons. The number of amides is 1. The number of hydrogen-bond donors (Lipinski definition) is 2.